The maximum Gasteiger partial charge on any atom is 0.190 e. The molecule has 5 aliphatic heterocycles. The summed E-state index contributed by atoms with van der Waals surface area (Å²) in [6, 6.07) is -0.918. The van der Waals surface area contributed by atoms with E-state index in [1.54, 1.807) is 7.11 Å². The lowest BCUT2D eigenvalue weighted by atomic mass is 9.83. The highest BCUT2D eigenvalue weighted by molar-refractivity contribution is 5.04. The van der Waals surface area contributed by atoms with Crippen LogP contribution in [0.2, 0.25) is 0 Å². The van der Waals surface area contributed by atoms with Gasteiger partial charge in [-0.2, -0.15) is 0 Å². The van der Waals surface area contributed by atoms with Crippen LogP contribution in [-0.2, 0) is 52.1 Å². The molecular formula is C32H49N3O11. The summed E-state index contributed by atoms with van der Waals surface area (Å²) >= 11 is 0. The molecule has 8 rings (SSSR count). The number of hydrogen-bond donors (Lipinski definition) is 0. The molecule has 3 spiro atoms. The van der Waals surface area contributed by atoms with Gasteiger partial charge >= 0.3 is 0 Å². The van der Waals surface area contributed by atoms with Crippen LogP contribution < -0.4 is 0 Å². The summed E-state index contributed by atoms with van der Waals surface area (Å²) in [5.74, 6) is -1.32. The maximum absolute atomic E-state index is 9.69. The summed E-state index contributed by atoms with van der Waals surface area (Å²) in [6.07, 6.45) is 8.99. The van der Waals surface area contributed by atoms with Gasteiger partial charge in [0, 0.05) is 37.7 Å². The quantitative estimate of drug-likeness (QED) is 0.170. The Bertz CT molecular complexity index is 1110. The van der Waals surface area contributed by atoms with Crippen LogP contribution in [0.4, 0.5) is 0 Å². The number of ether oxygens (including phenoxy) is 11. The van der Waals surface area contributed by atoms with Crippen LogP contribution in [0.15, 0.2) is 5.11 Å². The third-order valence-corrected chi connectivity index (χ3v) is 11.4. The molecule has 258 valence electrons. The topological polar surface area (TPSA) is 150 Å². The first-order valence-corrected chi connectivity index (χ1v) is 17.6. The van der Waals surface area contributed by atoms with Gasteiger partial charge in [-0.1, -0.05) is 37.2 Å². The molecule has 0 aromatic rings. The highest BCUT2D eigenvalue weighted by Crippen LogP contribution is 2.50. The Morgan fingerprint density at radius 2 is 1.41 bits per heavy atom. The van der Waals surface area contributed by atoms with E-state index in [1.807, 2.05) is 0 Å². The minimum absolute atomic E-state index is 0.0291. The molecule has 0 bridgehead atoms. The van der Waals surface area contributed by atoms with Crippen LogP contribution >= 0.6 is 0 Å². The minimum Gasteiger partial charge on any atom is -0.361 e. The normalized spacial score (nSPS) is 44.2. The van der Waals surface area contributed by atoms with Crippen molar-refractivity contribution in [2.24, 2.45) is 5.11 Å². The van der Waals surface area contributed by atoms with E-state index in [1.165, 1.54) is 12.8 Å². The summed E-state index contributed by atoms with van der Waals surface area (Å²) in [5.41, 5.74) is 9.28. The molecule has 14 heteroatoms. The van der Waals surface area contributed by atoms with Crippen LogP contribution in [0, 0.1) is 0 Å². The van der Waals surface area contributed by atoms with E-state index < -0.39 is 72.6 Å². The fourth-order valence-corrected chi connectivity index (χ4v) is 9.07. The van der Waals surface area contributed by atoms with Crippen LogP contribution in [0.25, 0.3) is 10.4 Å². The minimum atomic E-state index is -1.08. The van der Waals surface area contributed by atoms with Crippen molar-refractivity contribution < 1.29 is 52.1 Å². The van der Waals surface area contributed by atoms with Crippen LogP contribution in [0.3, 0.4) is 0 Å². The van der Waals surface area contributed by atoms with E-state index >= 15 is 0 Å². The Balaban J connectivity index is 1.05. The van der Waals surface area contributed by atoms with Gasteiger partial charge in [-0.15, -0.1) is 0 Å². The van der Waals surface area contributed by atoms with E-state index in [9.17, 15) is 5.53 Å². The lowest BCUT2D eigenvalue weighted by molar-refractivity contribution is -0.426. The molecule has 3 saturated carbocycles. The monoisotopic (exact) mass is 651 g/mol. The molecule has 8 fully saturated rings. The molecule has 0 N–H and O–H groups in total. The molecule has 5 saturated heterocycles. The molecule has 8 aliphatic rings. The van der Waals surface area contributed by atoms with E-state index in [0.717, 1.165) is 83.5 Å². The van der Waals surface area contributed by atoms with Gasteiger partial charge in [-0.3, -0.25) is 0 Å². The van der Waals surface area contributed by atoms with E-state index in [4.69, 9.17) is 52.1 Å². The first-order chi connectivity index (χ1) is 22.5. The van der Waals surface area contributed by atoms with Gasteiger partial charge in [-0.25, -0.2) is 0 Å². The fraction of sp³-hybridized carbons (Fsp3) is 1.00. The van der Waals surface area contributed by atoms with Crippen LogP contribution in [-0.4, -0.2) is 106 Å². The molecule has 5 heterocycles. The molecule has 4 unspecified atom stereocenters. The Labute approximate surface area is 269 Å². The average Bonchev–Trinajstić information content (AvgIpc) is 3.45. The Kier molecular flexibility index (Phi) is 9.28. The zero-order valence-electron chi connectivity index (χ0n) is 26.8. The first kappa shape index (κ1) is 32.1. The third-order valence-electron chi connectivity index (χ3n) is 11.4. The van der Waals surface area contributed by atoms with Gasteiger partial charge in [0.15, 0.2) is 30.4 Å². The van der Waals surface area contributed by atoms with Gasteiger partial charge in [0.1, 0.15) is 49.5 Å². The van der Waals surface area contributed by atoms with Gasteiger partial charge in [0.05, 0.1) is 18.8 Å². The lowest BCUT2D eigenvalue weighted by Gasteiger charge is -2.54. The Morgan fingerprint density at radius 1 is 0.739 bits per heavy atom. The summed E-state index contributed by atoms with van der Waals surface area (Å²) < 4.78 is 71.0. The van der Waals surface area contributed by atoms with E-state index in [2.05, 4.69) is 10.0 Å². The van der Waals surface area contributed by atoms with Crippen molar-refractivity contribution >= 4 is 0 Å². The SMILES string of the molecule is COCOC1[C@@H]2OC3(CCCCC3)COC2O[C@H](O[C@H]2OC3COC4(CCCCC4)O[C@H]3[C@@H]3OC4(CCCCC4)OC23)[C@@H]1N=[N+]=[N-]. The van der Waals surface area contributed by atoms with Gasteiger partial charge in [-0.05, 0) is 44.1 Å². The van der Waals surface area contributed by atoms with Crippen molar-refractivity contribution in [3.05, 3.63) is 10.4 Å². The van der Waals surface area contributed by atoms with Crippen LogP contribution in [0.5, 0.6) is 0 Å². The molecule has 0 radical (unpaired) electrons. The van der Waals surface area contributed by atoms with Crippen molar-refractivity contribution in [3.63, 3.8) is 0 Å². The third kappa shape index (κ3) is 6.01. The number of fused-ring (bicyclic) bond motifs is 4. The summed E-state index contributed by atoms with van der Waals surface area (Å²) in [7, 11) is 1.55. The number of methoxy groups -OCH3 is 1. The largest absolute Gasteiger partial charge is 0.361 e. The first-order valence-electron chi connectivity index (χ1n) is 17.6. The smallest absolute Gasteiger partial charge is 0.190 e. The zero-order chi connectivity index (χ0) is 31.2. The predicted octanol–water partition coefficient (Wildman–Crippen LogP) is 4.72. The average molecular weight is 652 g/mol. The second-order valence-electron chi connectivity index (χ2n) is 14.4. The summed E-state index contributed by atoms with van der Waals surface area (Å²) in [6.45, 7) is 0.742. The van der Waals surface area contributed by atoms with Crippen molar-refractivity contribution in [2.45, 2.75) is 175 Å². The van der Waals surface area contributed by atoms with Gasteiger partial charge in [0.2, 0.25) is 0 Å². The van der Waals surface area contributed by atoms with Gasteiger partial charge < -0.3 is 52.1 Å². The molecule has 0 aromatic carbocycles. The molecule has 3 aliphatic carbocycles. The molecule has 46 heavy (non-hydrogen) atoms. The number of azide groups is 1. The molecule has 10 atom stereocenters. The summed E-state index contributed by atoms with van der Waals surface area (Å²) in [5, 5.41) is 4.13. The Hall–Kier alpha value is -1.13. The molecule has 0 amide bonds. The lowest BCUT2D eigenvalue weighted by Crippen LogP contribution is -2.68. The highest BCUT2D eigenvalue weighted by atomic mass is 16.9. The van der Waals surface area contributed by atoms with Gasteiger partial charge in [0.25, 0.3) is 0 Å². The number of hydrogen-bond acceptors (Lipinski definition) is 12. The number of nitrogens with zero attached hydrogens (tertiary/aromatic N) is 3. The summed E-state index contributed by atoms with van der Waals surface area (Å²) in [4.78, 5) is 3.16. The fourth-order valence-electron chi connectivity index (χ4n) is 9.07. The molecule has 14 nitrogen and oxygen atoms in total. The Morgan fingerprint density at radius 3 is 2.13 bits per heavy atom. The highest BCUT2D eigenvalue weighted by Gasteiger charge is 2.63. The zero-order valence-corrected chi connectivity index (χ0v) is 26.8. The predicted molar refractivity (Wildman–Crippen MR) is 157 cm³/mol. The van der Waals surface area contributed by atoms with Crippen molar-refractivity contribution in [3.8, 4) is 0 Å². The second kappa shape index (κ2) is 13.3. The van der Waals surface area contributed by atoms with E-state index in [-0.39, 0.29) is 12.9 Å². The maximum atomic E-state index is 9.69. The molecule has 0 aromatic heterocycles. The molecular weight excluding hydrogens is 602 g/mol. The standard InChI is InChI=1S/C32H49N3O11/c1-36-19-38-23-21(34-35-33)27(41-28-25(23)43-30(18-37-28)11-5-2-6-12-30)42-29-26-24(45-32(46-26)15-9-4-10-16-32)22-20(40-29)17-39-31(44-22)13-7-3-8-14-31/h20-29H,2-19H2,1H3/t20?,21-,22-,23?,24+,25+,26?,27-,28?,29-/m1/s1. The van der Waals surface area contributed by atoms with Crippen molar-refractivity contribution in [2.75, 3.05) is 27.1 Å². The van der Waals surface area contributed by atoms with E-state index in [0.29, 0.717) is 13.2 Å². The second-order valence-corrected chi connectivity index (χ2v) is 14.4. The number of rotatable bonds is 6. The van der Waals surface area contributed by atoms with Crippen molar-refractivity contribution in [1.82, 2.24) is 0 Å². The van der Waals surface area contributed by atoms with Crippen LogP contribution in [0.1, 0.15) is 96.3 Å². The van der Waals surface area contributed by atoms with Crippen molar-refractivity contribution in [1.29, 1.82) is 0 Å².